The highest BCUT2D eigenvalue weighted by molar-refractivity contribution is 7.92. The summed E-state index contributed by atoms with van der Waals surface area (Å²) in [5.74, 6) is 0.206. The number of hydrogen-bond donors (Lipinski definition) is 2. The van der Waals surface area contributed by atoms with Gasteiger partial charge in [0, 0.05) is 24.5 Å². The molecule has 0 aliphatic heterocycles. The molecule has 2 N–H and O–H groups in total. The maximum atomic E-state index is 12.7. The maximum Gasteiger partial charge on any atom is 0.262 e. The maximum absolute atomic E-state index is 12.7. The Morgan fingerprint density at radius 2 is 1.90 bits per heavy atom. The van der Waals surface area contributed by atoms with Crippen molar-refractivity contribution in [2.75, 3.05) is 17.1 Å². The molecule has 1 amide bonds. The lowest BCUT2D eigenvalue weighted by molar-refractivity contribution is -0.116. The lowest BCUT2D eigenvalue weighted by Crippen LogP contribution is -2.15. The Hall–Kier alpha value is -3.39. The van der Waals surface area contributed by atoms with E-state index in [1.807, 2.05) is 12.1 Å². The van der Waals surface area contributed by atoms with E-state index in [9.17, 15) is 13.2 Å². The SMILES string of the molecule is COc1ccccc1NS(=O)(=O)c1cccc(NC(=O)CCc2cccnc2)c1. The van der Waals surface area contributed by atoms with Crippen molar-refractivity contribution >= 4 is 27.3 Å². The molecule has 0 saturated heterocycles. The first-order valence-corrected chi connectivity index (χ1v) is 10.4. The highest BCUT2D eigenvalue weighted by atomic mass is 32.2. The van der Waals surface area contributed by atoms with E-state index in [0.29, 0.717) is 23.5 Å². The van der Waals surface area contributed by atoms with Gasteiger partial charge in [-0.25, -0.2) is 8.42 Å². The van der Waals surface area contributed by atoms with Crippen molar-refractivity contribution in [1.82, 2.24) is 4.98 Å². The fourth-order valence-corrected chi connectivity index (χ4v) is 3.82. The number of amides is 1. The normalized spacial score (nSPS) is 10.9. The molecule has 150 valence electrons. The molecule has 0 bridgehead atoms. The van der Waals surface area contributed by atoms with Gasteiger partial charge in [0.25, 0.3) is 10.0 Å². The van der Waals surface area contributed by atoms with Gasteiger partial charge in [-0.3, -0.25) is 14.5 Å². The summed E-state index contributed by atoms with van der Waals surface area (Å²) in [5.41, 5.74) is 1.70. The highest BCUT2D eigenvalue weighted by Crippen LogP contribution is 2.26. The number of carbonyl (C=O) groups excluding carboxylic acids is 1. The van der Waals surface area contributed by atoms with E-state index in [4.69, 9.17) is 4.74 Å². The van der Waals surface area contributed by atoms with Crippen molar-refractivity contribution in [3.8, 4) is 5.75 Å². The van der Waals surface area contributed by atoms with Gasteiger partial charge in [-0.05, 0) is 48.4 Å². The number of methoxy groups -OCH3 is 1. The number of benzene rings is 2. The van der Waals surface area contributed by atoms with E-state index in [-0.39, 0.29) is 17.2 Å². The number of ether oxygens (including phenoxy) is 1. The quantitative estimate of drug-likeness (QED) is 0.592. The molecule has 3 aromatic rings. The van der Waals surface area contributed by atoms with Crippen LogP contribution in [0.4, 0.5) is 11.4 Å². The van der Waals surface area contributed by atoms with Crippen molar-refractivity contribution < 1.29 is 17.9 Å². The van der Waals surface area contributed by atoms with E-state index in [2.05, 4.69) is 15.0 Å². The molecule has 0 aliphatic rings. The molecule has 1 aromatic heterocycles. The van der Waals surface area contributed by atoms with Gasteiger partial charge in [0.15, 0.2) is 0 Å². The van der Waals surface area contributed by atoms with Crippen molar-refractivity contribution in [1.29, 1.82) is 0 Å². The predicted molar refractivity (Wildman–Crippen MR) is 111 cm³/mol. The van der Waals surface area contributed by atoms with Gasteiger partial charge < -0.3 is 10.1 Å². The van der Waals surface area contributed by atoms with Crippen molar-refractivity contribution in [3.05, 3.63) is 78.6 Å². The average Bonchev–Trinajstić information content (AvgIpc) is 2.73. The second-order valence-corrected chi connectivity index (χ2v) is 7.93. The number of aryl methyl sites for hydroxylation is 1. The minimum Gasteiger partial charge on any atom is -0.495 e. The number of aromatic nitrogens is 1. The van der Waals surface area contributed by atoms with Crippen LogP contribution in [0.1, 0.15) is 12.0 Å². The molecule has 29 heavy (non-hydrogen) atoms. The van der Waals surface area contributed by atoms with Crippen LogP contribution in [-0.4, -0.2) is 26.4 Å². The van der Waals surface area contributed by atoms with Crippen molar-refractivity contribution in [2.45, 2.75) is 17.7 Å². The van der Waals surface area contributed by atoms with Gasteiger partial charge in [0.05, 0.1) is 17.7 Å². The summed E-state index contributed by atoms with van der Waals surface area (Å²) in [5, 5.41) is 2.73. The van der Waals surface area contributed by atoms with E-state index in [1.165, 1.54) is 19.2 Å². The molecule has 2 aromatic carbocycles. The van der Waals surface area contributed by atoms with Crippen LogP contribution in [0.5, 0.6) is 5.75 Å². The number of nitrogens with zero attached hydrogens (tertiary/aromatic N) is 1. The van der Waals surface area contributed by atoms with E-state index in [0.717, 1.165) is 5.56 Å². The summed E-state index contributed by atoms with van der Waals surface area (Å²) in [6.45, 7) is 0. The molecule has 1 heterocycles. The molecule has 0 atom stereocenters. The summed E-state index contributed by atoms with van der Waals surface area (Å²) in [7, 11) is -2.38. The van der Waals surface area contributed by atoms with Gasteiger partial charge in [-0.1, -0.05) is 24.3 Å². The number of sulfonamides is 1. The van der Waals surface area contributed by atoms with E-state index in [1.54, 1.807) is 48.8 Å². The predicted octanol–water partition coefficient (Wildman–Crippen LogP) is 3.46. The largest absolute Gasteiger partial charge is 0.495 e. The molecular formula is C21H21N3O4S. The fourth-order valence-electron chi connectivity index (χ4n) is 2.70. The standard InChI is InChI=1S/C21H21N3O4S/c1-28-20-10-3-2-9-19(20)24-29(26,27)18-8-4-7-17(14-18)23-21(25)12-11-16-6-5-13-22-15-16/h2-10,13-15,24H,11-12H2,1H3,(H,23,25). The van der Waals surface area contributed by atoms with Crippen molar-refractivity contribution in [2.24, 2.45) is 0 Å². The summed E-state index contributed by atoms with van der Waals surface area (Å²) in [4.78, 5) is 16.3. The molecule has 0 unspecified atom stereocenters. The molecule has 3 rings (SSSR count). The monoisotopic (exact) mass is 411 g/mol. The molecule has 0 spiro atoms. The molecule has 0 aliphatic carbocycles. The Morgan fingerprint density at radius 1 is 1.07 bits per heavy atom. The van der Waals surface area contributed by atoms with Gasteiger partial charge in [0.2, 0.25) is 5.91 Å². The third-order valence-corrected chi connectivity index (χ3v) is 5.51. The summed E-state index contributed by atoms with van der Waals surface area (Å²) in [6, 6.07) is 16.5. The van der Waals surface area contributed by atoms with Crippen LogP contribution in [0.15, 0.2) is 78.0 Å². The zero-order valence-corrected chi connectivity index (χ0v) is 16.6. The molecule has 0 radical (unpaired) electrons. The number of rotatable bonds is 8. The lowest BCUT2D eigenvalue weighted by Gasteiger charge is -2.12. The Labute approximate surface area is 169 Å². The van der Waals surface area contributed by atoms with Gasteiger partial charge in [0.1, 0.15) is 5.75 Å². The smallest absolute Gasteiger partial charge is 0.262 e. The number of anilines is 2. The first-order valence-electron chi connectivity index (χ1n) is 8.92. The molecule has 0 saturated carbocycles. The van der Waals surface area contributed by atoms with Crippen LogP contribution in [0.2, 0.25) is 0 Å². The number of hydrogen-bond acceptors (Lipinski definition) is 5. The number of nitrogens with one attached hydrogen (secondary N) is 2. The van der Waals surface area contributed by atoms with Crippen LogP contribution in [0, 0.1) is 0 Å². The number of carbonyl (C=O) groups is 1. The first-order chi connectivity index (χ1) is 14.0. The summed E-state index contributed by atoms with van der Waals surface area (Å²) in [6.07, 6.45) is 4.20. The van der Waals surface area contributed by atoms with Gasteiger partial charge in [-0.15, -0.1) is 0 Å². The third-order valence-electron chi connectivity index (χ3n) is 4.14. The van der Waals surface area contributed by atoms with Crippen molar-refractivity contribution in [3.63, 3.8) is 0 Å². The lowest BCUT2D eigenvalue weighted by atomic mass is 10.1. The Balaban J connectivity index is 1.68. The zero-order chi connectivity index (χ0) is 20.7. The topological polar surface area (TPSA) is 97.4 Å². The highest BCUT2D eigenvalue weighted by Gasteiger charge is 2.17. The summed E-state index contributed by atoms with van der Waals surface area (Å²) >= 11 is 0. The molecule has 7 nitrogen and oxygen atoms in total. The Morgan fingerprint density at radius 3 is 2.66 bits per heavy atom. The minimum absolute atomic E-state index is 0.0356. The first kappa shape index (κ1) is 20.3. The van der Waals surface area contributed by atoms with Crippen LogP contribution in [0.3, 0.4) is 0 Å². The van der Waals surface area contributed by atoms with Crippen LogP contribution >= 0.6 is 0 Å². The zero-order valence-electron chi connectivity index (χ0n) is 15.8. The van der Waals surface area contributed by atoms with E-state index < -0.39 is 10.0 Å². The summed E-state index contributed by atoms with van der Waals surface area (Å²) < 4.78 is 33.2. The minimum atomic E-state index is -3.85. The van der Waals surface area contributed by atoms with Gasteiger partial charge >= 0.3 is 0 Å². The second-order valence-electron chi connectivity index (χ2n) is 6.24. The Kier molecular flexibility index (Phi) is 6.46. The van der Waals surface area contributed by atoms with E-state index >= 15 is 0 Å². The number of para-hydroxylation sites is 2. The molecular weight excluding hydrogens is 390 g/mol. The molecule has 0 fully saturated rings. The molecule has 8 heteroatoms. The van der Waals surface area contributed by atoms with Crippen LogP contribution in [0.25, 0.3) is 0 Å². The second kappa shape index (κ2) is 9.20. The average molecular weight is 411 g/mol. The van der Waals surface area contributed by atoms with Crippen LogP contribution < -0.4 is 14.8 Å². The third kappa shape index (κ3) is 5.55. The van der Waals surface area contributed by atoms with Gasteiger partial charge in [-0.2, -0.15) is 0 Å². The fraction of sp³-hybridized carbons (Fsp3) is 0.143. The Bertz CT molecular complexity index is 1090. The van der Waals surface area contributed by atoms with Crippen LogP contribution in [-0.2, 0) is 21.2 Å². The number of pyridine rings is 1.